The van der Waals surface area contributed by atoms with E-state index in [1.807, 2.05) is 18.4 Å². The topological polar surface area (TPSA) is 72.2 Å². The third kappa shape index (κ3) is 3.16. The summed E-state index contributed by atoms with van der Waals surface area (Å²) in [7, 11) is 0. The maximum Gasteiger partial charge on any atom is 0.271 e. The molecule has 1 amide bonds. The molecule has 0 unspecified atom stereocenters. The second-order valence-corrected chi connectivity index (χ2v) is 4.81. The minimum atomic E-state index is -0.495. The molecule has 0 atom stereocenters. The number of hydrogen-bond donors (Lipinski definition) is 1. The van der Waals surface area contributed by atoms with Crippen LogP contribution in [0.15, 0.2) is 53.4 Å². The Bertz CT molecular complexity index is 658. The maximum atomic E-state index is 12.2. The molecule has 0 radical (unpaired) electrons. The van der Waals surface area contributed by atoms with Crippen LogP contribution in [-0.2, 0) is 0 Å². The zero-order chi connectivity index (χ0) is 14.5. The van der Waals surface area contributed by atoms with Gasteiger partial charge in [-0.25, -0.2) is 0 Å². The van der Waals surface area contributed by atoms with E-state index in [0.29, 0.717) is 11.3 Å². The molecule has 0 heterocycles. The lowest BCUT2D eigenvalue weighted by Gasteiger charge is -2.08. The zero-order valence-corrected chi connectivity index (χ0v) is 11.5. The molecular weight excluding hydrogens is 276 g/mol. The van der Waals surface area contributed by atoms with Crippen LogP contribution in [0.4, 0.5) is 11.4 Å². The molecule has 2 rings (SSSR count). The Morgan fingerprint density at radius 1 is 1.20 bits per heavy atom. The van der Waals surface area contributed by atoms with Gasteiger partial charge in [0.1, 0.15) is 0 Å². The molecule has 0 aromatic heterocycles. The van der Waals surface area contributed by atoms with Crippen molar-refractivity contribution in [3.05, 3.63) is 64.2 Å². The second-order valence-electron chi connectivity index (χ2n) is 3.96. The zero-order valence-electron chi connectivity index (χ0n) is 10.7. The fourth-order valence-electron chi connectivity index (χ4n) is 1.73. The van der Waals surface area contributed by atoms with Gasteiger partial charge in [0.15, 0.2) is 0 Å². The van der Waals surface area contributed by atoms with Crippen molar-refractivity contribution in [3.63, 3.8) is 0 Å². The standard InChI is InChI=1S/C14H12N2O3S/c1-20-13-8-3-2-7-12(13)14(17)15-10-5-4-6-11(9-10)16(18)19/h2-9H,1H3,(H,15,17). The lowest BCUT2D eigenvalue weighted by atomic mass is 10.2. The minimum Gasteiger partial charge on any atom is -0.322 e. The molecule has 2 aromatic carbocycles. The first-order valence-corrected chi connectivity index (χ1v) is 7.03. The van der Waals surface area contributed by atoms with Crippen LogP contribution in [0, 0.1) is 10.1 Å². The predicted octanol–water partition coefficient (Wildman–Crippen LogP) is 3.57. The first-order chi connectivity index (χ1) is 9.61. The van der Waals surface area contributed by atoms with Gasteiger partial charge in [0.05, 0.1) is 10.5 Å². The summed E-state index contributed by atoms with van der Waals surface area (Å²) >= 11 is 1.47. The molecule has 20 heavy (non-hydrogen) atoms. The number of hydrogen-bond acceptors (Lipinski definition) is 4. The van der Waals surface area contributed by atoms with Gasteiger partial charge in [-0.15, -0.1) is 11.8 Å². The highest BCUT2D eigenvalue weighted by Crippen LogP contribution is 2.22. The molecule has 0 saturated heterocycles. The summed E-state index contributed by atoms with van der Waals surface area (Å²) < 4.78 is 0. The van der Waals surface area contributed by atoms with Crippen LogP contribution in [0.5, 0.6) is 0 Å². The normalized spacial score (nSPS) is 10.1. The number of nitrogens with one attached hydrogen (secondary N) is 1. The largest absolute Gasteiger partial charge is 0.322 e. The first kappa shape index (κ1) is 14.1. The number of non-ortho nitro benzene ring substituents is 1. The van der Waals surface area contributed by atoms with Gasteiger partial charge < -0.3 is 5.32 Å². The van der Waals surface area contributed by atoms with Gasteiger partial charge in [0.2, 0.25) is 0 Å². The molecule has 0 aliphatic heterocycles. The summed E-state index contributed by atoms with van der Waals surface area (Å²) in [5.41, 5.74) is 0.896. The van der Waals surface area contributed by atoms with Crippen LogP contribution in [0.2, 0.25) is 0 Å². The second kappa shape index (κ2) is 6.21. The fraction of sp³-hybridized carbons (Fsp3) is 0.0714. The summed E-state index contributed by atoms with van der Waals surface area (Å²) in [5, 5.41) is 13.4. The molecule has 0 spiro atoms. The average molecular weight is 288 g/mol. The lowest BCUT2D eigenvalue weighted by Crippen LogP contribution is -2.12. The summed E-state index contributed by atoms with van der Waals surface area (Å²) in [6.07, 6.45) is 1.89. The van der Waals surface area contributed by atoms with E-state index in [0.717, 1.165) is 4.90 Å². The van der Waals surface area contributed by atoms with Crippen LogP contribution in [0.1, 0.15) is 10.4 Å². The van der Waals surface area contributed by atoms with E-state index in [1.165, 1.54) is 30.0 Å². The van der Waals surface area contributed by atoms with E-state index in [1.54, 1.807) is 18.2 Å². The quantitative estimate of drug-likeness (QED) is 0.530. The number of nitrogens with zero attached hydrogens (tertiary/aromatic N) is 1. The SMILES string of the molecule is CSc1ccccc1C(=O)Nc1cccc([N+](=O)[O-])c1. The van der Waals surface area contributed by atoms with Gasteiger partial charge in [0.25, 0.3) is 11.6 Å². The smallest absolute Gasteiger partial charge is 0.271 e. The highest BCUT2D eigenvalue weighted by atomic mass is 32.2. The number of thioether (sulfide) groups is 1. The summed E-state index contributed by atoms with van der Waals surface area (Å²) in [6.45, 7) is 0. The Kier molecular flexibility index (Phi) is 4.37. The van der Waals surface area contributed by atoms with Crippen LogP contribution in [0.25, 0.3) is 0 Å². The first-order valence-electron chi connectivity index (χ1n) is 5.80. The van der Waals surface area contributed by atoms with Crippen LogP contribution < -0.4 is 5.32 Å². The molecule has 2 aromatic rings. The summed E-state index contributed by atoms with van der Waals surface area (Å²) in [4.78, 5) is 23.2. The van der Waals surface area contributed by atoms with E-state index in [-0.39, 0.29) is 11.6 Å². The van der Waals surface area contributed by atoms with Crippen molar-refractivity contribution in [2.75, 3.05) is 11.6 Å². The lowest BCUT2D eigenvalue weighted by molar-refractivity contribution is -0.384. The Morgan fingerprint density at radius 3 is 2.65 bits per heavy atom. The molecule has 1 N–H and O–H groups in total. The number of carbonyl (C=O) groups excluding carboxylic acids is 1. The third-order valence-corrected chi connectivity index (χ3v) is 3.46. The molecule has 0 aliphatic rings. The third-order valence-electron chi connectivity index (χ3n) is 2.67. The molecule has 0 saturated carbocycles. The Hall–Kier alpha value is -2.34. The molecule has 102 valence electrons. The van der Waals surface area contributed by atoms with Gasteiger partial charge >= 0.3 is 0 Å². The average Bonchev–Trinajstić information content (AvgIpc) is 2.47. The number of anilines is 1. The minimum absolute atomic E-state index is 0.0547. The van der Waals surface area contributed by atoms with Gasteiger partial charge in [-0.1, -0.05) is 18.2 Å². The summed E-state index contributed by atoms with van der Waals surface area (Å²) in [5.74, 6) is -0.282. The Labute approximate surface area is 120 Å². The highest BCUT2D eigenvalue weighted by Gasteiger charge is 2.12. The van der Waals surface area contributed by atoms with Crippen LogP contribution >= 0.6 is 11.8 Å². The molecule has 0 bridgehead atoms. The number of nitro groups is 1. The summed E-state index contributed by atoms with van der Waals surface area (Å²) in [6, 6.07) is 13.1. The van der Waals surface area contributed by atoms with Gasteiger partial charge in [-0.3, -0.25) is 14.9 Å². The van der Waals surface area contributed by atoms with Crippen LogP contribution in [0.3, 0.4) is 0 Å². The van der Waals surface area contributed by atoms with Crippen LogP contribution in [-0.4, -0.2) is 17.1 Å². The maximum absolute atomic E-state index is 12.2. The highest BCUT2D eigenvalue weighted by molar-refractivity contribution is 7.98. The molecule has 6 heteroatoms. The Balaban J connectivity index is 2.23. The number of nitro benzene ring substituents is 1. The molecule has 5 nitrogen and oxygen atoms in total. The monoisotopic (exact) mass is 288 g/mol. The van der Waals surface area contributed by atoms with Crippen molar-refractivity contribution >= 4 is 29.0 Å². The predicted molar refractivity (Wildman–Crippen MR) is 79.3 cm³/mol. The van der Waals surface area contributed by atoms with Crippen molar-refractivity contribution in [2.24, 2.45) is 0 Å². The van der Waals surface area contributed by atoms with E-state index in [4.69, 9.17) is 0 Å². The number of benzene rings is 2. The van der Waals surface area contributed by atoms with E-state index >= 15 is 0 Å². The Morgan fingerprint density at radius 2 is 1.95 bits per heavy atom. The van der Waals surface area contributed by atoms with Crippen molar-refractivity contribution in [1.29, 1.82) is 0 Å². The number of rotatable bonds is 4. The van der Waals surface area contributed by atoms with Crippen molar-refractivity contribution in [2.45, 2.75) is 4.90 Å². The number of amides is 1. The van der Waals surface area contributed by atoms with Crippen molar-refractivity contribution < 1.29 is 9.72 Å². The van der Waals surface area contributed by atoms with Gasteiger partial charge in [-0.05, 0) is 24.5 Å². The fourth-order valence-corrected chi connectivity index (χ4v) is 2.32. The van der Waals surface area contributed by atoms with Crippen molar-refractivity contribution in [1.82, 2.24) is 0 Å². The molecule has 0 aliphatic carbocycles. The number of carbonyl (C=O) groups is 1. The van der Waals surface area contributed by atoms with E-state index in [2.05, 4.69) is 5.32 Å². The molecule has 0 fully saturated rings. The molecular formula is C14H12N2O3S. The van der Waals surface area contributed by atoms with E-state index in [9.17, 15) is 14.9 Å². The van der Waals surface area contributed by atoms with E-state index < -0.39 is 4.92 Å². The van der Waals surface area contributed by atoms with Gasteiger partial charge in [0, 0.05) is 22.7 Å². The van der Waals surface area contributed by atoms with Crippen molar-refractivity contribution in [3.8, 4) is 0 Å². The van der Waals surface area contributed by atoms with Gasteiger partial charge in [-0.2, -0.15) is 0 Å².